The first kappa shape index (κ1) is 18.2. The summed E-state index contributed by atoms with van der Waals surface area (Å²) >= 11 is 7.41. The number of rotatable bonds is 6. The Morgan fingerprint density at radius 1 is 1.38 bits per heavy atom. The predicted octanol–water partition coefficient (Wildman–Crippen LogP) is 4.08. The van der Waals surface area contributed by atoms with Crippen molar-refractivity contribution in [1.82, 2.24) is 5.32 Å². The molecular formula is C17H17ClN2O3S. The Morgan fingerprint density at radius 2 is 2.12 bits per heavy atom. The molecule has 0 saturated heterocycles. The van der Waals surface area contributed by atoms with E-state index in [4.69, 9.17) is 11.6 Å². The quantitative estimate of drug-likeness (QED) is 0.620. The van der Waals surface area contributed by atoms with E-state index in [-0.39, 0.29) is 5.78 Å². The summed E-state index contributed by atoms with van der Waals surface area (Å²) in [7, 11) is 0. The molecule has 3 amide bonds. The molecule has 7 heteroatoms. The van der Waals surface area contributed by atoms with Crippen LogP contribution < -0.4 is 10.2 Å². The lowest BCUT2D eigenvalue weighted by Gasteiger charge is -2.22. The second-order valence-corrected chi connectivity index (χ2v) is 6.46. The zero-order chi connectivity index (χ0) is 17.7. The number of benzene rings is 1. The van der Waals surface area contributed by atoms with Crippen LogP contribution in [0.3, 0.4) is 0 Å². The van der Waals surface area contributed by atoms with Gasteiger partial charge in [-0.05, 0) is 42.1 Å². The Bertz CT molecular complexity index is 746. The molecule has 1 N–H and O–H groups in total. The van der Waals surface area contributed by atoms with Crippen molar-refractivity contribution < 1.29 is 14.4 Å². The smallest absolute Gasteiger partial charge is 0.328 e. The average Bonchev–Trinajstić information content (AvgIpc) is 3.10. The molecule has 0 aliphatic heterocycles. The van der Waals surface area contributed by atoms with Crippen molar-refractivity contribution >= 4 is 46.8 Å². The van der Waals surface area contributed by atoms with Gasteiger partial charge in [-0.1, -0.05) is 24.6 Å². The predicted molar refractivity (Wildman–Crippen MR) is 96.1 cm³/mol. The average molecular weight is 365 g/mol. The Labute approximate surface area is 149 Å². The third kappa shape index (κ3) is 3.83. The Hall–Kier alpha value is -2.18. The third-order valence-corrected chi connectivity index (χ3v) is 4.64. The lowest BCUT2D eigenvalue weighted by atomic mass is 9.94. The molecule has 2 rings (SSSR count). The molecular weight excluding hydrogens is 348 g/mol. The fraction of sp³-hybridized carbons (Fsp3) is 0.235. The van der Waals surface area contributed by atoms with Crippen LogP contribution in [0.2, 0.25) is 5.02 Å². The molecule has 1 heterocycles. The number of ketones is 1. The van der Waals surface area contributed by atoms with Crippen molar-refractivity contribution in [3.8, 4) is 0 Å². The van der Waals surface area contributed by atoms with E-state index in [1.54, 1.807) is 44.2 Å². The molecule has 1 aromatic heterocycles. The van der Waals surface area contributed by atoms with E-state index < -0.39 is 11.9 Å². The summed E-state index contributed by atoms with van der Waals surface area (Å²) in [6, 6.07) is 7.76. The number of nitrogens with zero attached hydrogens (tertiary/aromatic N) is 1. The maximum absolute atomic E-state index is 12.6. The highest BCUT2D eigenvalue weighted by molar-refractivity contribution is 7.12. The van der Waals surface area contributed by atoms with Gasteiger partial charge in [0.05, 0.1) is 10.6 Å². The molecule has 0 bridgehead atoms. The highest BCUT2D eigenvalue weighted by Gasteiger charge is 2.25. The van der Waals surface area contributed by atoms with Crippen LogP contribution in [0.15, 0.2) is 35.7 Å². The normalized spacial score (nSPS) is 11.6. The molecule has 126 valence electrons. The number of carbonyl (C=O) groups excluding carboxylic acids is 3. The number of hydrogen-bond acceptors (Lipinski definition) is 4. The largest absolute Gasteiger partial charge is 0.338 e. The second-order valence-electron chi connectivity index (χ2n) is 5.08. The third-order valence-electron chi connectivity index (χ3n) is 3.53. The number of anilines is 1. The van der Waals surface area contributed by atoms with Crippen LogP contribution in [0.5, 0.6) is 0 Å². The van der Waals surface area contributed by atoms with E-state index in [1.807, 2.05) is 5.38 Å². The molecule has 1 atom stereocenters. The minimum absolute atomic E-state index is 0.0877. The molecule has 0 aliphatic carbocycles. The van der Waals surface area contributed by atoms with Crippen LogP contribution in [0.1, 0.15) is 35.0 Å². The van der Waals surface area contributed by atoms with Gasteiger partial charge in [-0.2, -0.15) is 0 Å². The molecule has 0 spiro atoms. The van der Waals surface area contributed by atoms with Crippen LogP contribution in [-0.2, 0) is 4.79 Å². The number of urea groups is 1. The first-order chi connectivity index (χ1) is 11.5. The van der Waals surface area contributed by atoms with Crippen LogP contribution in [-0.4, -0.2) is 24.8 Å². The number of hydrogen-bond donors (Lipinski definition) is 1. The van der Waals surface area contributed by atoms with E-state index >= 15 is 0 Å². The zero-order valence-electron chi connectivity index (χ0n) is 13.3. The Morgan fingerprint density at radius 3 is 2.71 bits per heavy atom. The summed E-state index contributed by atoms with van der Waals surface area (Å²) in [6.07, 6.45) is 0.431. The highest BCUT2D eigenvalue weighted by Crippen LogP contribution is 2.33. The Kier molecular flexibility index (Phi) is 6.11. The van der Waals surface area contributed by atoms with Crippen LogP contribution >= 0.6 is 22.9 Å². The minimum atomic E-state index is -0.549. The fourth-order valence-corrected chi connectivity index (χ4v) is 3.25. The summed E-state index contributed by atoms with van der Waals surface area (Å²) in [5.74, 6) is -0.635. The minimum Gasteiger partial charge on any atom is -0.338 e. The number of thiophene rings is 1. The highest BCUT2D eigenvalue weighted by atomic mass is 35.5. The van der Waals surface area contributed by atoms with Crippen molar-refractivity contribution in [2.24, 2.45) is 0 Å². The van der Waals surface area contributed by atoms with Gasteiger partial charge in [0.15, 0.2) is 5.78 Å². The van der Waals surface area contributed by atoms with E-state index in [1.165, 1.54) is 11.3 Å². The number of imide groups is 1. The lowest BCUT2D eigenvalue weighted by Crippen LogP contribution is -2.39. The lowest BCUT2D eigenvalue weighted by molar-refractivity contribution is -0.106. The van der Waals surface area contributed by atoms with Crippen LogP contribution in [0.25, 0.3) is 0 Å². The molecule has 1 unspecified atom stereocenters. The number of amides is 3. The number of carbonyl (C=O) groups is 3. The van der Waals surface area contributed by atoms with Crippen molar-refractivity contribution in [3.63, 3.8) is 0 Å². The molecule has 2 aromatic rings. The zero-order valence-corrected chi connectivity index (χ0v) is 14.9. The fourth-order valence-electron chi connectivity index (χ4n) is 2.32. The van der Waals surface area contributed by atoms with Gasteiger partial charge in [-0.3, -0.25) is 9.59 Å². The van der Waals surface area contributed by atoms with Gasteiger partial charge in [-0.25, -0.2) is 9.69 Å². The molecule has 0 aliphatic rings. The first-order valence-corrected chi connectivity index (χ1v) is 8.64. The monoisotopic (exact) mass is 364 g/mol. The van der Waals surface area contributed by atoms with Crippen molar-refractivity contribution in [2.45, 2.75) is 19.8 Å². The van der Waals surface area contributed by atoms with E-state index in [2.05, 4.69) is 5.32 Å². The number of nitrogens with one attached hydrogen (secondary N) is 1. The summed E-state index contributed by atoms with van der Waals surface area (Å²) in [4.78, 5) is 37.7. The second kappa shape index (κ2) is 8.08. The molecule has 0 fully saturated rings. The summed E-state index contributed by atoms with van der Waals surface area (Å²) < 4.78 is 0. The molecule has 24 heavy (non-hydrogen) atoms. The van der Waals surface area contributed by atoms with Gasteiger partial charge in [0, 0.05) is 17.5 Å². The Balaban J connectivity index is 2.45. The molecule has 0 saturated carbocycles. The van der Waals surface area contributed by atoms with Crippen molar-refractivity contribution in [3.05, 3.63) is 51.2 Å². The van der Waals surface area contributed by atoms with Gasteiger partial charge < -0.3 is 5.32 Å². The topological polar surface area (TPSA) is 66.5 Å². The van der Waals surface area contributed by atoms with E-state index in [0.717, 1.165) is 4.90 Å². The summed E-state index contributed by atoms with van der Waals surface area (Å²) in [5, 5.41) is 4.83. The standard InChI is InChI=1S/C17H17ClN2O3S/c1-3-19-17(23)20(10-21)14-7-6-12(18)9-13(14)11(2)16(22)15-5-4-8-24-15/h4-11H,3H2,1-2H3,(H,19,23). The number of Topliss-reactive ketones (excluding diaryl/α,β-unsaturated/α-hetero) is 1. The van der Waals surface area contributed by atoms with Crippen LogP contribution in [0.4, 0.5) is 10.5 Å². The van der Waals surface area contributed by atoms with Crippen molar-refractivity contribution in [2.75, 3.05) is 11.4 Å². The summed E-state index contributed by atoms with van der Waals surface area (Å²) in [6.45, 7) is 3.88. The molecule has 5 nitrogen and oxygen atoms in total. The summed E-state index contributed by atoms with van der Waals surface area (Å²) in [5.41, 5.74) is 0.872. The van der Waals surface area contributed by atoms with Gasteiger partial charge in [0.25, 0.3) is 0 Å². The maximum Gasteiger partial charge on any atom is 0.328 e. The van der Waals surface area contributed by atoms with Gasteiger partial charge >= 0.3 is 6.03 Å². The SMILES string of the molecule is CCNC(=O)N(C=O)c1ccc(Cl)cc1C(C)C(=O)c1cccs1. The van der Waals surface area contributed by atoms with Gasteiger partial charge in [0.2, 0.25) is 6.41 Å². The van der Waals surface area contributed by atoms with E-state index in [9.17, 15) is 14.4 Å². The van der Waals surface area contributed by atoms with Crippen LogP contribution in [0, 0.1) is 0 Å². The molecule has 0 radical (unpaired) electrons. The first-order valence-electron chi connectivity index (χ1n) is 7.39. The molecule has 1 aromatic carbocycles. The van der Waals surface area contributed by atoms with Crippen molar-refractivity contribution in [1.29, 1.82) is 0 Å². The maximum atomic E-state index is 12.6. The van der Waals surface area contributed by atoms with Gasteiger partial charge in [-0.15, -0.1) is 11.3 Å². The van der Waals surface area contributed by atoms with Gasteiger partial charge in [0.1, 0.15) is 0 Å². The van der Waals surface area contributed by atoms with E-state index in [0.29, 0.717) is 34.1 Å². The number of halogens is 1.